The van der Waals surface area contributed by atoms with Gasteiger partial charge in [0.15, 0.2) is 5.82 Å². The van der Waals surface area contributed by atoms with Crippen molar-refractivity contribution >= 4 is 40.0 Å². The van der Waals surface area contributed by atoms with E-state index in [0.717, 1.165) is 27.9 Å². The SMILES string of the molecule is CCCNc1nc(-c2cccc(Cl)c2)ncc1I. The Balaban J connectivity index is 2.34. The zero-order valence-electron chi connectivity index (χ0n) is 9.95. The lowest BCUT2D eigenvalue weighted by Crippen LogP contribution is -2.05. The summed E-state index contributed by atoms with van der Waals surface area (Å²) in [5.41, 5.74) is 0.929. The molecule has 0 aliphatic heterocycles. The molecule has 1 aromatic heterocycles. The molecule has 0 aliphatic rings. The Morgan fingerprint density at radius 3 is 2.94 bits per heavy atom. The van der Waals surface area contributed by atoms with Crippen molar-refractivity contribution in [1.29, 1.82) is 0 Å². The third-order valence-electron chi connectivity index (χ3n) is 2.37. The van der Waals surface area contributed by atoms with E-state index in [4.69, 9.17) is 11.6 Å². The van der Waals surface area contributed by atoms with Gasteiger partial charge in [0.05, 0.1) is 3.57 Å². The molecule has 0 atom stereocenters. The maximum absolute atomic E-state index is 5.98. The number of hydrogen-bond acceptors (Lipinski definition) is 3. The van der Waals surface area contributed by atoms with Crippen LogP contribution in [0.2, 0.25) is 5.02 Å². The van der Waals surface area contributed by atoms with Gasteiger partial charge in [0, 0.05) is 23.3 Å². The Labute approximate surface area is 125 Å². The van der Waals surface area contributed by atoms with Crippen LogP contribution < -0.4 is 5.32 Å². The Bertz CT molecular complexity index is 546. The van der Waals surface area contributed by atoms with E-state index in [-0.39, 0.29) is 0 Å². The quantitative estimate of drug-likeness (QED) is 0.815. The average Bonchev–Trinajstić information content (AvgIpc) is 2.38. The van der Waals surface area contributed by atoms with Gasteiger partial charge in [-0.3, -0.25) is 0 Å². The van der Waals surface area contributed by atoms with Crippen molar-refractivity contribution in [1.82, 2.24) is 9.97 Å². The van der Waals surface area contributed by atoms with Crippen molar-refractivity contribution < 1.29 is 0 Å². The standard InChI is InChI=1S/C13H13ClIN3/c1-2-6-16-13-11(15)8-17-12(18-13)9-4-3-5-10(14)7-9/h3-5,7-8H,2,6H2,1H3,(H,16,17,18). The van der Waals surface area contributed by atoms with Crippen molar-refractivity contribution in [2.75, 3.05) is 11.9 Å². The van der Waals surface area contributed by atoms with E-state index in [1.54, 1.807) is 0 Å². The second-order valence-corrected chi connectivity index (χ2v) is 5.43. The van der Waals surface area contributed by atoms with Gasteiger partial charge in [0.2, 0.25) is 0 Å². The first kappa shape index (κ1) is 13.5. The molecule has 0 saturated heterocycles. The Kier molecular flexibility index (Phi) is 4.77. The highest BCUT2D eigenvalue weighted by Crippen LogP contribution is 2.22. The monoisotopic (exact) mass is 373 g/mol. The molecule has 94 valence electrons. The first-order valence-corrected chi connectivity index (χ1v) is 7.18. The molecule has 0 saturated carbocycles. The second-order valence-electron chi connectivity index (χ2n) is 3.83. The highest BCUT2D eigenvalue weighted by atomic mass is 127. The lowest BCUT2D eigenvalue weighted by molar-refractivity contribution is 0.963. The van der Waals surface area contributed by atoms with Crippen LogP contribution in [0, 0.1) is 3.57 Å². The van der Waals surface area contributed by atoms with Crippen LogP contribution in [0.1, 0.15) is 13.3 Å². The van der Waals surface area contributed by atoms with Crippen LogP contribution in [-0.2, 0) is 0 Å². The fraction of sp³-hybridized carbons (Fsp3) is 0.231. The molecule has 5 heteroatoms. The number of hydrogen-bond donors (Lipinski definition) is 1. The van der Waals surface area contributed by atoms with Crippen molar-refractivity contribution in [3.05, 3.63) is 39.1 Å². The Morgan fingerprint density at radius 1 is 1.39 bits per heavy atom. The van der Waals surface area contributed by atoms with Crippen LogP contribution in [-0.4, -0.2) is 16.5 Å². The first-order chi connectivity index (χ1) is 8.70. The number of aromatic nitrogens is 2. The molecular formula is C13H13ClIN3. The lowest BCUT2D eigenvalue weighted by Gasteiger charge is -2.08. The van der Waals surface area contributed by atoms with E-state index in [2.05, 4.69) is 44.8 Å². The van der Waals surface area contributed by atoms with E-state index in [1.807, 2.05) is 30.5 Å². The van der Waals surface area contributed by atoms with Crippen LogP contribution in [0.15, 0.2) is 30.5 Å². The van der Waals surface area contributed by atoms with Crippen molar-refractivity contribution in [3.8, 4) is 11.4 Å². The van der Waals surface area contributed by atoms with Crippen molar-refractivity contribution in [2.24, 2.45) is 0 Å². The number of nitrogens with zero attached hydrogens (tertiary/aromatic N) is 2. The van der Waals surface area contributed by atoms with Gasteiger partial charge >= 0.3 is 0 Å². The summed E-state index contributed by atoms with van der Waals surface area (Å²) in [4.78, 5) is 8.87. The maximum Gasteiger partial charge on any atom is 0.161 e. The minimum absolute atomic E-state index is 0.691. The number of rotatable bonds is 4. The summed E-state index contributed by atoms with van der Waals surface area (Å²) in [6.07, 6.45) is 2.88. The minimum atomic E-state index is 0.691. The second kappa shape index (κ2) is 6.33. The number of halogens is 2. The highest BCUT2D eigenvalue weighted by Gasteiger charge is 2.06. The summed E-state index contributed by atoms with van der Waals surface area (Å²) < 4.78 is 1.02. The summed E-state index contributed by atoms with van der Waals surface area (Å²) in [6, 6.07) is 7.57. The molecule has 2 rings (SSSR count). The Morgan fingerprint density at radius 2 is 2.22 bits per heavy atom. The molecule has 1 aromatic carbocycles. The third-order valence-corrected chi connectivity index (χ3v) is 3.39. The molecule has 1 heterocycles. The molecule has 0 radical (unpaired) electrons. The van der Waals surface area contributed by atoms with Crippen LogP contribution in [0.3, 0.4) is 0 Å². The number of anilines is 1. The van der Waals surface area contributed by atoms with Crippen LogP contribution in [0.5, 0.6) is 0 Å². The van der Waals surface area contributed by atoms with Gasteiger partial charge in [-0.15, -0.1) is 0 Å². The molecule has 18 heavy (non-hydrogen) atoms. The smallest absolute Gasteiger partial charge is 0.161 e. The molecule has 0 amide bonds. The van der Waals surface area contributed by atoms with E-state index >= 15 is 0 Å². The lowest BCUT2D eigenvalue weighted by atomic mass is 10.2. The van der Waals surface area contributed by atoms with Gasteiger partial charge in [0.25, 0.3) is 0 Å². The number of benzene rings is 1. The molecule has 1 N–H and O–H groups in total. The predicted molar refractivity (Wildman–Crippen MR) is 84.0 cm³/mol. The zero-order chi connectivity index (χ0) is 13.0. The zero-order valence-corrected chi connectivity index (χ0v) is 12.9. The summed E-state index contributed by atoms with van der Waals surface area (Å²) in [5.74, 6) is 1.57. The highest BCUT2D eigenvalue weighted by molar-refractivity contribution is 14.1. The van der Waals surface area contributed by atoms with Crippen LogP contribution >= 0.6 is 34.2 Å². The summed E-state index contributed by atoms with van der Waals surface area (Å²) in [6.45, 7) is 3.03. The topological polar surface area (TPSA) is 37.8 Å². The van der Waals surface area contributed by atoms with Crippen molar-refractivity contribution in [2.45, 2.75) is 13.3 Å². The molecule has 0 unspecified atom stereocenters. The molecule has 0 aliphatic carbocycles. The van der Waals surface area contributed by atoms with Crippen LogP contribution in [0.25, 0.3) is 11.4 Å². The van der Waals surface area contributed by atoms with E-state index < -0.39 is 0 Å². The van der Waals surface area contributed by atoms with Crippen LogP contribution in [0.4, 0.5) is 5.82 Å². The minimum Gasteiger partial charge on any atom is -0.369 e. The summed E-state index contributed by atoms with van der Waals surface area (Å²) >= 11 is 8.21. The fourth-order valence-electron chi connectivity index (χ4n) is 1.50. The van der Waals surface area contributed by atoms with E-state index in [0.29, 0.717) is 10.8 Å². The van der Waals surface area contributed by atoms with E-state index in [1.165, 1.54) is 0 Å². The first-order valence-electron chi connectivity index (χ1n) is 5.73. The van der Waals surface area contributed by atoms with Gasteiger partial charge in [-0.05, 0) is 41.1 Å². The fourth-order valence-corrected chi connectivity index (χ4v) is 2.14. The third kappa shape index (κ3) is 3.32. The predicted octanol–water partition coefficient (Wildman–Crippen LogP) is 4.22. The van der Waals surface area contributed by atoms with Gasteiger partial charge < -0.3 is 5.32 Å². The summed E-state index contributed by atoms with van der Waals surface area (Å²) in [5, 5.41) is 3.99. The number of nitrogens with one attached hydrogen (secondary N) is 1. The molecular weight excluding hydrogens is 361 g/mol. The van der Waals surface area contributed by atoms with Crippen molar-refractivity contribution in [3.63, 3.8) is 0 Å². The van der Waals surface area contributed by atoms with Gasteiger partial charge in [-0.2, -0.15) is 0 Å². The molecule has 0 bridgehead atoms. The summed E-state index contributed by atoms with van der Waals surface area (Å²) in [7, 11) is 0. The molecule has 3 nitrogen and oxygen atoms in total. The largest absolute Gasteiger partial charge is 0.369 e. The molecule has 0 fully saturated rings. The van der Waals surface area contributed by atoms with Gasteiger partial charge in [0.1, 0.15) is 5.82 Å². The normalized spacial score (nSPS) is 10.4. The van der Waals surface area contributed by atoms with Gasteiger partial charge in [-0.25, -0.2) is 9.97 Å². The molecule has 0 spiro atoms. The molecule has 2 aromatic rings. The Hall–Kier alpha value is -0.880. The average molecular weight is 374 g/mol. The maximum atomic E-state index is 5.98. The van der Waals surface area contributed by atoms with Gasteiger partial charge in [-0.1, -0.05) is 30.7 Å². The van der Waals surface area contributed by atoms with E-state index in [9.17, 15) is 0 Å².